The fraction of sp³-hybridized carbons (Fsp3) is 0.400. The summed E-state index contributed by atoms with van der Waals surface area (Å²) in [6.07, 6.45) is 31.3. The summed E-state index contributed by atoms with van der Waals surface area (Å²) in [4.78, 5) is 11.8. The molecule has 0 aliphatic heterocycles. The van der Waals surface area contributed by atoms with Gasteiger partial charge in [0.15, 0.2) is 0 Å². The maximum atomic E-state index is 11.8. The average molecular weight is 384 g/mol. The van der Waals surface area contributed by atoms with Gasteiger partial charge in [-0.1, -0.05) is 99.3 Å². The van der Waals surface area contributed by atoms with E-state index in [1.807, 2.05) is 81.5 Å². The fourth-order valence-electron chi connectivity index (χ4n) is 2.35. The van der Waals surface area contributed by atoms with Crippen molar-refractivity contribution in [1.29, 1.82) is 0 Å². The van der Waals surface area contributed by atoms with E-state index in [4.69, 9.17) is 0 Å². The van der Waals surface area contributed by atoms with Crippen molar-refractivity contribution in [2.45, 2.75) is 58.5 Å². The van der Waals surface area contributed by atoms with Gasteiger partial charge in [-0.25, -0.2) is 0 Å². The second-order valence-corrected chi connectivity index (χ2v) is 6.52. The summed E-state index contributed by atoms with van der Waals surface area (Å²) in [7, 11) is 0. The van der Waals surface area contributed by atoms with Crippen molar-refractivity contribution in [1.82, 2.24) is 5.32 Å². The largest absolute Gasteiger partial charge is 0.388 e. The number of allylic oxidation sites excluding steroid dienone is 13. The number of aliphatic hydroxyl groups is 1. The lowest BCUT2D eigenvalue weighted by Crippen LogP contribution is -2.41. The third-order valence-corrected chi connectivity index (χ3v) is 4.07. The van der Waals surface area contributed by atoms with Crippen molar-refractivity contribution in [2.75, 3.05) is 6.54 Å². The lowest BCUT2D eigenvalue weighted by molar-refractivity contribution is -0.117. The smallest absolute Gasteiger partial charge is 0.244 e. The van der Waals surface area contributed by atoms with Gasteiger partial charge in [0.1, 0.15) is 0 Å². The van der Waals surface area contributed by atoms with E-state index in [1.54, 1.807) is 6.08 Å². The highest BCUT2D eigenvalue weighted by molar-refractivity contribution is 5.87. The Morgan fingerprint density at radius 2 is 1.39 bits per heavy atom. The Labute approximate surface area is 171 Å². The van der Waals surface area contributed by atoms with E-state index >= 15 is 0 Å². The van der Waals surface area contributed by atoms with Crippen molar-refractivity contribution >= 4 is 5.91 Å². The second-order valence-electron chi connectivity index (χ2n) is 6.52. The number of carbonyl (C=O) groups excluding carboxylic acids is 1. The molecule has 154 valence electrons. The fourth-order valence-corrected chi connectivity index (χ4v) is 2.35. The maximum absolute atomic E-state index is 11.8. The minimum atomic E-state index is -0.801. The standard InChI is InChI=1S/C25H37NO2/c1-4-7-8-9-10-11-12-13-14-15-16-17-18-19-20-21-24(27)26-23-25(28,6-3)22-5-2/h4,7-13,16-21,28H,5-6,14-15,22-23H2,1-3H3,(H,26,27). The van der Waals surface area contributed by atoms with Crippen LogP contribution in [0.4, 0.5) is 0 Å². The third kappa shape index (κ3) is 15.8. The molecule has 3 heteroatoms. The monoisotopic (exact) mass is 383 g/mol. The highest BCUT2D eigenvalue weighted by atomic mass is 16.3. The van der Waals surface area contributed by atoms with E-state index in [1.165, 1.54) is 6.08 Å². The van der Waals surface area contributed by atoms with Crippen LogP contribution in [0.3, 0.4) is 0 Å². The van der Waals surface area contributed by atoms with Crippen LogP contribution >= 0.6 is 0 Å². The molecule has 3 nitrogen and oxygen atoms in total. The number of amides is 1. The molecular formula is C25H37NO2. The second kappa shape index (κ2) is 18.0. The summed E-state index contributed by atoms with van der Waals surface area (Å²) >= 11 is 0. The Morgan fingerprint density at radius 3 is 1.93 bits per heavy atom. The van der Waals surface area contributed by atoms with Gasteiger partial charge < -0.3 is 10.4 Å². The zero-order valence-corrected chi connectivity index (χ0v) is 17.7. The van der Waals surface area contributed by atoms with Gasteiger partial charge in [0, 0.05) is 12.6 Å². The van der Waals surface area contributed by atoms with Gasteiger partial charge in [0.25, 0.3) is 0 Å². The van der Waals surface area contributed by atoms with Crippen molar-refractivity contribution in [3.8, 4) is 0 Å². The molecule has 0 radical (unpaired) electrons. The molecule has 0 rings (SSSR count). The summed E-state index contributed by atoms with van der Waals surface area (Å²) < 4.78 is 0. The van der Waals surface area contributed by atoms with Crippen LogP contribution < -0.4 is 5.32 Å². The molecule has 0 aliphatic carbocycles. The van der Waals surface area contributed by atoms with Gasteiger partial charge in [-0.2, -0.15) is 0 Å². The molecular weight excluding hydrogens is 346 g/mol. The molecule has 0 aromatic heterocycles. The topological polar surface area (TPSA) is 49.3 Å². The van der Waals surface area contributed by atoms with E-state index < -0.39 is 5.60 Å². The molecule has 28 heavy (non-hydrogen) atoms. The quantitative estimate of drug-likeness (QED) is 0.228. The molecule has 0 aliphatic rings. The Morgan fingerprint density at radius 1 is 0.857 bits per heavy atom. The molecule has 0 aromatic carbocycles. The molecule has 0 aromatic rings. The molecule has 0 saturated heterocycles. The zero-order chi connectivity index (χ0) is 20.9. The Bertz CT molecular complexity index is 606. The van der Waals surface area contributed by atoms with E-state index in [2.05, 4.69) is 17.5 Å². The predicted octanol–water partition coefficient (Wildman–Crippen LogP) is 5.74. The molecule has 1 amide bonds. The van der Waals surface area contributed by atoms with Crippen molar-refractivity contribution in [2.24, 2.45) is 0 Å². The summed E-state index contributed by atoms with van der Waals surface area (Å²) in [5, 5.41) is 13.1. The van der Waals surface area contributed by atoms with Crippen molar-refractivity contribution < 1.29 is 9.90 Å². The van der Waals surface area contributed by atoms with Gasteiger partial charge in [-0.05, 0) is 32.6 Å². The van der Waals surface area contributed by atoms with Gasteiger partial charge in [-0.15, -0.1) is 0 Å². The van der Waals surface area contributed by atoms with Crippen molar-refractivity contribution in [3.05, 3.63) is 85.1 Å². The number of hydrogen-bond acceptors (Lipinski definition) is 2. The molecule has 0 bridgehead atoms. The van der Waals surface area contributed by atoms with Gasteiger partial charge >= 0.3 is 0 Å². The summed E-state index contributed by atoms with van der Waals surface area (Å²) in [5.74, 6) is -0.185. The normalized spacial score (nSPS) is 15.4. The number of hydrogen-bond donors (Lipinski definition) is 2. The molecule has 0 saturated carbocycles. The van der Waals surface area contributed by atoms with Crippen LogP contribution in [0.15, 0.2) is 85.1 Å². The Balaban J connectivity index is 3.96. The van der Waals surface area contributed by atoms with Crippen LogP contribution in [0.5, 0.6) is 0 Å². The molecule has 1 atom stereocenters. The van der Waals surface area contributed by atoms with E-state index in [0.717, 1.165) is 19.3 Å². The van der Waals surface area contributed by atoms with Gasteiger partial charge in [-0.3, -0.25) is 4.79 Å². The van der Waals surface area contributed by atoms with E-state index in [9.17, 15) is 9.90 Å². The Kier molecular flexibility index (Phi) is 16.5. The first-order valence-electron chi connectivity index (χ1n) is 10.2. The number of carbonyl (C=O) groups is 1. The van der Waals surface area contributed by atoms with Crippen LogP contribution in [-0.4, -0.2) is 23.2 Å². The van der Waals surface area contributed by atoms with Crippen LogP contribution in [0.1, 0.15) is 52.9 Å². The number of rotatable bonds is 14. The predicted molar refractivity (Wildman–Crippen MR) is 122 cm³/mol. The van der Waals surface area contributed by atoms with Crippen LogP contribution in [0, 0.1) is 0 Å². The minimum Gasteiger partial charge on any atom is -0.388 e. The SMILES string of the molecule is CC=CC=CC=CC=CCCC=CC=CC=CC(=O)NCC(O)(CC)CCC. The molecule has 0 fully saturated rings. The first-order valence-corrected chi connectivity index (χ1v) is 10.2. The van der Waals surface area contributed by atoms with Crippen molar-refractivity contribution in [3.63, 3.8) is 0 Å². The molecule has 2 N–H and O–H groups in total. The molecule has 0 heterocycles. The number of nitrogens with one attached hydrogen (secondary N) is 1. The highest BCUT2D eigenvalue weighted by Crippen LogP contribution is 2.15. The lowest BCUT2D eigenvalue weighted by atomic mass is 9.95. The summed E-state index contributed by atoms with van der Waals surface area (Å²) in [5.41, 5.74) is -0.801. The zero-order valence-electron chi connectivity index (χ0n) is 17.7. The summed E-state index contributed by atoms with van der Waals surface area (Å²) in [6.45, 7) is 6.24. The van der Waals surface area contributed by atoms with Crippen LogP contribution in [0.25, 0.3) is 0 Å². The lowest BCUT2D eigenvalue weighted by Gasteiger charge is -2.26. The van der Waals surface area contributed by atoms with Crippen LogP contribution in [0.2, 0.25) is 0 Å². The highest BCUT2D eigenvalue weighted by Gasteiger charge is 2.23. The maximum Gasteiger partial charge on any atom is 0.244 e. The van der Waals surface area contributed by atoms with Gasteiger partial charge in [0.05, 0.1) is 5.60 Å². The third-order valence-electron chi connectivity index (χ3n) is 4.07. The van der Waals surface area contributed by atoms with E-state index in [0.29, 0.717) is 19.4 Å². The average Bonchev–Trinajstić information content (AvgIpc) is 2.69. The number of unbranched alkanes of at least 4 members (excludes halogenated alkanes) is 1. The van der Waals surface area contributed by atoms with Gasteiger partial charge in [0.2, 0.25) is 5.91 Å². The first kappa shape index (κ1) is 25.6. The minimum absolute atomic E-state index is 0.185. The van der Waals surface area contributed by atoms with E-state index in [-0.39, 0.29) is 5.91 Å². The van der Waals surface area contributed by atoms with Crippen LogP contribution in [-0.2, 0) is 4.79 Å². The first-order chi connectivity index (χ1) is 13.6. The Hall–Kier alpha value is -2.39. The molecule has 1 unspecified atom stereocenters. The summed E-state index contributed by atoms with van der Waals surface area (Å²) in [6, 6.07) is 0. The molecule has 0 spiro atoms.